The molecule has 0 spiro atoms. The van der Waals surface area contributed by atoms with Gasteiger partial charge in [0.2, 0.25) is 0 Å². The van der Waals surface area contributed by atoms with Crippen molar-refractivity contribution in [1.82, 2.24) is 0 Å². The zero-order valence-electron chi connectivity index (χ0n) is 4.73. The predicted molar refractivity (Wildman–Crippen MR) is 33.7 cm³/mol. The van der Waals surface area contributed by atoms with Crippen molar-refractivity contribution in [2.45, 2.75) is 27.7 Å². The van der Waals surface area contributed by atoms with Gasteiger partial charge in [-0.2, -0.15) is 0 Å². The average molecular weight is 118 g/mol. The second-order valence-electron chi connectivity index (χ2n) is 0.970. The summed E-state index contributed by atoms with van der Waals surface area (Å²) in [7, 11) is 0. The highest BCUT2D eigenvalue weighted by molar-refractivity contribution is 5.73. The Balaban J connectivity index is 0. The van der Waals surface area contributed by atoms with Gasteiger partial charge in [0, 0.05) is 0 Å². The van der Waals surface area contributed by atoms with Crippen LogP contribution in [0.5, 0.6) is 0 Å². The molecule has 0 unspecified atom stereocenters. The summed E-state index contributed by atoms with van der Waals surface area (Å²) in [6.45, 7) is 4.64. The number of esters is 1. The third kappa shape index (κ3) is 3.65. The molecule has 0 aromatic carbocycles. The van der Waals surface area contributed by atoms with E-state index in [2.05, 4.69) is 4.74 Å². The molecule has 1 aliphatic rings. The lowest BCUT2D eigenvalue weighted by molar-refractivity contribution is -0.157. The van der Waals surface area contributed by atoms with E-state index in [-0.39, 0.29) is 13.4 Å². The van der Waals surface area contributed by atoms with Gasteiger partial charge >= 0.3 is 5.97 Å². The van der Waals surface area contributed by atoms with E-state index >= 15 is 0 Å². The first kappa shape index (κ1) is 10.5. The van der Waals surface area contributed by atoms with Crippen LogP contribution in [0.1, 0.15) is 27.7 Å². The fraction of sp³-hybridized carbons (Fsp3) is 0.833. The van der Waals surface area contributed by atoms with Crippen molar-refractivity contribution in [1.29, 1.82) is 0 Å². The van der Waals surface area contributed by atoms with Crippen LogP contribution in [0.2, 0.25) is 0 Å². The maximum atomic E-state index is 9.68. The van der Waals surface area contributed by atoms with Crippen LogP contribution in [0, 0.1) is 0 Å². The van der Waals surface area contributed by atoms with Gasteiger partial charge in [0.15, 0.2) is 0 Å². The number of ether oxygens (including phenoxy) is 1. The second kappa shape index (κ2) is 6.47. The number of carbonyl (C=O) groups excluding carboxylic acids is 1. The Hall–Kier alpha value is -0.530. The lowest BCUT2D eigenvalue weighted by Gasteiger charge is -2.09. The molecule has 8 heavy (non-hydrogen) atoms. The molecule has 0 aliphatic carbocycles. The summed E-state index contributed by atoms with van der Waals surface area (Å²) in [4.78, 5) is 9.68. The Kier molecular flexibility index (Phi) is 8.45. The summed E-state index contributed by atoms with van der Waals surface area (Å²) in [5, 5.41) is 0. The molecule has 1 heterocycles. The summed E-state index contributed by atoms with van der Waals surface area (Å²) in [5.74, 6) is -0.0648. The number of rotatable bonds is 0. The highest BCUT2D eigenvalue weighted by Crippen LogP contribution is 1.97. The van der Waals surface area contributed by atoms with Crippen molar-refractivity contribution in [2.75, 3.05) is 6.61 Å². The summed E-state index contributed by atoms with van der Waals surface area (Å²) in [6, 6.07) is 0. The lowest BCUT2D eigenvalue weighted by atomic mass is 10.4. The van der Waals surface area contributed by atoms with Crippen LogP contribution < -0.4 is 0 Å². The van der Waals surface area contributed by atoms with Crippen LogP contribution in [-0.2, 0) is 9.53 Å². The molecule has 0 aromatic heterocycles. The summed E-state index contributed by atoms with van der Waals surface area (Å²) in [5.41, 5.74) is 0. The molecule has 1 saturated heterocycles. The van der Waals surface area contributed by atoms with Crippen LogP contribution >= 0.6 is 0 Å². The molecule has 0 N–H and O–H groups in total. The van der Waals surface area contributed by atoms with Crippen molar-refractivity contribution < 1.29 is 9.53 Å². The minimum Gasteiger partial charge on any atom is -0.465 e. The van der Waals surface area contributed by atoms with E-state index in [9.17, 15) is 4.79 Å². The van der Waals surface area contributed by atoms with E-state index < -0.39 is 0 Å². The molecule has 0 atom stereocenters. The molecule has 2 nitrogen and oxygen atoms in total. The third-order valence-corrected chi connectivity index (χ3v) is 0.569. The van der Waals surface area contributed by atoms with Crippen LogP contribution in [0.4, 0.5) is 0 Å². The highest BCUT2D eigenvalue weighted by atomic mass is 16.6. The molecule has 1 fully saturated rings. The monoisotopic (exact) mass is 118 g/mol. The molecule has 0 aromatic rings. The molecule has 0 bridgehead atoms. The van der Waals surface area contributed by atoms with E-state index in [4.69, 9.17) is 0 Å². The van der Waals surface area contributed by atoms with Crippen molar-refractivity contribution in [2.24, 2.45) is 0 Å². The second-order valence-corrected chi connectivity index (χ2v) is 0.970. The Morgan fingerprint density at radius 2 is 1.75 bits per heavy atom. The zero-order valence-corrected chi connectivity index (χ0v) is 4.73. The van der Waals surface area contributed by atoms with E-state index in [0.29, 0.717) is 13.0 Å². The molecule has 50 valence electrons. The largest absolute Gasteiger partial charge is 0.465 e. The van der Waals surface area contributed by atoms with Gasteiger partial charge in [-0.3, -0.25) is 4.79 Å². The predicted octanol–water partition coefficient (Wildman–Crippen LogP) is 1.60. The van der Waals surface area contributed by atoms with Gasteiger partial charge in [-0.05, 0) is 0 Å². The first-order valence-corrected chi connectivity index (χ1v) is 2.55. The molecule has 1 rings (SSSR count). The zero-order chi connectivity index (χ0) is 5.70. The van der Waals surface area contributed by atoms with Gasteiger partial charge in [0.05, 0.1) is 6.42 Å². The van der Waals surface area contributed by atoms with Gasteiger partial charge in [0.1, 0.15) is 6.61 Å². The van der Waals surface area contributed by atoms with Crippen LogP contribution in [0.15, 0.2) is 0 Å². The number of hydrogen-bond donors (Lipinski definition) is 0. The van der Waals surface area contributed by atoms with Crippen molar-refractivity contribution >= 4 is 5.97 Å². The van der Waals surface area contributed by atoms with Gasteiger partial charge in [-0.1, -0.05) is 21.3 Å². The summed E-state index contributed by atoms with van der Waals surface area (Å²) < 4.78 is 4.29. The van der Waals surface area contributed by atoms with Crippen LogP contribution in [-0.4, -0.2) is 12.6 Å². The fourth-order valence-corrected chi connectivity index (χ4v) is 0.185. The maximum absolute atomic E-state index is 9.68. The quantitative estimate of drug-likeness (QED) is 0.451. The smallest absolute Gasteiger partial charge is 0.309 e. The van der Waals surface area contributed by atoms with Gasteiger partial charge in [0.25, 0.3) is 0 Å². The van der Waals surface area contributed by atoms with E-state index in [1.165, 1.54) is 0 Å². The first-order chi connectivity index (χ1) is 3.39. The number of carbonyl (C=O) groups is 1. The van der Waals surface area contributed by atoms with Gasteiger partial charge in [-0.15, -0.1) is 0 Å². The summed E-state index contributed by atoms with van der Waals surface area (Å²) in [6.07, 6.45) is 0.625. The third-order valence-electron chi connectivity index (χ3n) is 0.569. The molecule has 2 heteroatoms. The highest BCUT2D eigenvalue weighted by Gasteiger charge is 2.10. The number of hydrogen-bond acceptors (Lipinski definition) is 2. The van der Waals surface area contributed by atoms with Crippen molar-refractivity contribution in [3.63, 3.8) is 0 Å². The number of cyclic esters (lactones) is 1. The summed E-state index contributed by atoms with van der Waals surface area (Å²) >= 11 is 0. The normalized spacial score (nSPS) is 13.5. The fourth-order valence-electron chi connectivity index (χ4n) is 0.185. The standard InChI is InChI=1S/C3H4O2.C2H6.CH4/c4-3-1-2-5-3;1-2;/h1-2H2;1-2H3;1H4. The first-order valence-electron chi connectivity index (χ1n) is 2.55. The molecule has 0 saturated carbocycles. The van der Waals surface area contributed by atoms with Crippen LogP contribution in [0.3, 0.4) is 0 Å². The minimum atomic E-state index is -0.0648. The van der Waals surface area contributed by atoms with Crippen LogP contribution in [0.25, 0.3) is 0 Å². The molecular formula is C6H14O2. The molecule has 1 aliphatic heterocycles. The lowest BCUT2D eigenvalue weighted by Crippen LogP contribution is -2.18. The minimum absolute atomic E-state index is 0. The SMILES string of the molecule is C.CC.O=C1CCO1. The Morgan fingerprint density at radius 3 is 1.75 bits per heavy atom. The molecule has 0 amide bonds. The van der Waals surface area contributed by atoms with E-state index in [0.717, 1.165) is 0 Å². The Labute approximate surface area is 50.8 Å². The average Bonchev–Trinajstić information content (AvgIpc) is 1.68. The van der Waals surface area contributed by atoms with E-state index in [1.807, 2.05) is 13.8 Å². The Bertz CT molecular complexity index is 53.5. The van der Waals surface area contributed by atoms with Gasteiger partial charge in [-0.25, -0.2) is 0 Å². The van der Waals surface area contributed by atoms with Gasteiger partial charge < -0.3 is 4.74 Å². The molecule has 0 radical (unpaired) electrons. The van der Waals surface area contributed by atoms with E-state index in [1.54, 1.807) is 0 Å². The van der Waals surface area contributed by atoms with Crippen molar-refractivity contribution in [3.8, 4) is 0 Å². The van der Waals surface area contributed by atoms with Crippen molar-refractivity contribution in [3.05, 3.63) is 0 Å². The Morgan fingerprint density at radius 1 is 1.50 bits per heavy atom. The maximum Gasteiger partial charge on any atom is 0.309 e. The topological polar surface area (TPSA) is 26.3 Å². The molecular weight excluding hydrogens is 104 g/mol.